The summed E-state index contributed by atoms with van der Waals surface area (Å²) in [7, 11) is -0.611. The lowest BCUT2D eigenvalue weighted by atomic mass is 10.2. The van der Waals surface area contributed by atoms with Gasteiger partial charge in [-0.05, 0) is 30.3 Å². The molecule has 0 aliphatic carbocycles. The highest BCUT2D eigenvalue weighted by Gasteiger charge is 2.24. The molecule has 0 aromatic heterocycles. The molecule has 0 bridgehead atoms. The number of ether oxygens (including phenoxy) is 1. The highest BCUT2D eigenvalue weighted by molar-refractivity contribution is 9.10. The topological polar surface area (TPSA) is 46.6 Å². The minimum absolute atomic E-state index is 0.0909. The number of nitrogens with zero attached hydrogens (tertiary/aromatic N) is 1. The third kappa shape index (κ3) is 3.63. The number of hydrogen-bond acceptors (Lipinski definition) is 3. The summed E-state index contributed by atoms with van der Waals surface area (Å²) >= 11 is 9.38. The van der Waals surface area contributed by atoms with Crippen molar-refractivity contribution in [3.63, 3.8) is 0 Å². The Balaban J connectivity index is 2.35. The molecule has 0 spiro atoms. The van der Waals surface area contributed by atoms with E-state index in [0.29, 0.717) is 5.75 Å². The Morgan fingerprint density at radius 2 is 1.91 bits per heavy atom. The first-order valence-corrected chi connectivity index (χ1v) is 9.00. The molecule has 0 radical (unpaired) electrons. The van der Waals surface area contributed by atoms with Crippen LogP contribution in [0.15, 0.2) is 51.8 Å². The third-order valence-corrected chi connectivity index (χ3v) is 5.96. The maximum Gasteiger partial charge on any atom is 0.244 e. The van der Waals surface area contributed by atoms with Gasteiger partial charge in [0, 0.05) is 23.6 Å². The smallest absolute Gasteiger partial charge is 0.244 e. The van der Waals surface area contributed by atoms with Crippen LogP contribution in [0.5, 0.6) is 5.75 Å². The van der Waals surface area contributed by atoms with Crippen molar-refractivity contribution in [2.24, 2.45) is 0 Å². The first-order chi connectivity index (χ1) is 10.4. The van der Waals surface area contributed by atoms with Crippen LogP contribution in [0, 0.1) is 0 Å². The molecule has 2 rings (SSSR count). The normalized spacial score (nSPS) is 11.7. The molecule has 0 unspecified atom stereocenters. The maximum absolute atomic E-state index is 12.6. The largest absolute Gasteiger partial charge is 0.496 e. The van der Waals surface area contributed by atoms with Crippen LogP contribution in [0.2, 0.25) is 5.02 Å². The van der Waals surface area contributed by atoms with Crippen LogP contribution < -0.4 is 4.74 Å². The van der Waals surface area contributed by atoms with Gasteiger partial charge in [0.05, 0.1) is 12.1 Å². The van der Waals surface area contributed by atoms with Gasteiger partial charge < -0.3 is 4.74 Å². The molecule has 0 fully saturated rings. The lowest BCUT2D eigenvalue weighted by Gasteiger charge is -2.19. The Bertz CT molecular complexity index is 780. The average Bonchev–Trinajstić information content (AvgIpc) is 2.47. The molecule has 22 heavy (non-hydrogen) atoms. The van der Waals surface area contributed by atoms with E-state index in [1.54, 1.807) is 31.4 Å². The second-order valence-electron chi connectivity index (χ2n) is 4.65. The van der Waals surface area contributed by atoms with E-state index < -0.39 is 10.0 Å². The second-order valence-corrected chi connectivity index (χ2v) is 7.98. The number of sulfonamides is 1. The molecular weight excluding hydrogens is 390 g/mol. The van der Waals surface area contributed by atoms with Crippen molar-refractivity contribution in [2.45, 2.75) is 11.4 Å². The van der Waals surface area contributed by atoms with Crippen LogP contribution in [0.4, 0.5) is 0 Å². The lowest BCUT2D eigenvalue weighted by molar-refractivity contribution is 0.398. The highest BCUT2D eigenvalue weighted by atomic mass is 79.9. The van der Waals surface area contributed by atoms with E-state index >= 15 is 0 Å². The molecule has 4 nitrogen and oxygen atoms in total. The fourth-order valence-electron chi connectivity index (χ4n) is 2.02. The van der Waals surface area contributed by atoms with Gasteiger partial charge in [-0.1, -0.05) is 39.7 Å². The van der Waals surface area contributed by atoms with E-state index in [0.717, 1.165) is 10.0 Å². The van der Waals surface area contributed by atoms with Gasteiger partial charge >= 0.3 is 0 Å². The van der Waals surface area contributed by atoms with Crippen LogP contribution in [-0.2, 0) is 16.6 Å². The Kier molecular flexibility index (Phi) is 5.50. The van der Waals surface area contributed by atoms with E-state index in [-0.39, 0.29) is 16.5 Å². The highest BCUT2D eigenvalue weighted by Crippen LogP contribution is 2.28. The van der Waals surface area contributed by atoms with E-state index in [1.165, 1.54) is 17.4 Å². The second kappa shape index (κ2) is 7.00. The zero-order valence-corrected chi connectivity index (χ0v) is 15.2. The molecule has 0 amide bonds. The van der Waals surface area contributed by atoms with Crippen LogP contribution in [-0.4, -0.2) is 26.9 Å². The van der Waals surface area contributed by atoms with Gasteiger partial charge in [0.15, 0.2) is 0 Å². The van der Waals surface area contributed by atoms with Gasteiger partial charge in [0.2, 0.25) is 10.0 Å². The summed E-state index contributed by atoms with van der Waals surface area (Å²) in [6.07, 6.45) is 0. The fraction of sp³-hybridized carbons (Fsp3) is 0.200. The van der Waals surface area contributed by atoms with Crippen molar-refractivity contribution in [3.8, 4) is 5.75 Å². The van der Waals surface area contributed by atoms with E-state index in [4.69, 9.17) is 16.3 Å². The minimum Gasteiger partial charge on any atom is -0.496 e. The van der Waals surface area contributed by atoms with Gasteiger partial charge in [0.25, 0.3) is 0 Å². The molecule has 2 aromatic rings. The molecule has 0 heterocycles. The zero-order valence-electron chi connectivity index (χ0n) is 12.1. The summed E-state index contributed by atoms with van der Waals surface area (Å²) in [5.74, 6) is 0.629. The van der Waals surface area contributed by atoms with Crippen LogP contribution >= 0.6 is 27.5 Å². The summed E-state index contributed by atoms with van der Waals surface area (Å²) in [6, 6.07) is 11.8. The van der Waals surface area contributed by atoms with Gasteiger partial charge in [-0.25, -0.2) is 8.42 Å². The molecule has 0 N–H and O–H groups in total. The van der Waals surface area contributed by atoms with Crippen molar-refractivity contribution in [3.05, 3.63) is 57.5 Å². The van der Waals surface area contributed by atoms with Gasteiger partial charge in [0.1, 0.15) is 10.6 Å². The summed E-state index contributed by atoms with van der Waals surface area (Å²) in [5.41, 5.74) is 0.759. The molecule has 118 valence electrons. The number of hydrogen-bond donors (Lipinski definition) is 0. The van der Waals surface area contributed by atoms with Gasteiger partial charge in [-0.2, -0.15) is 4.31 Å². The van der Waals surface area contributed by atoms with E-state index in [2.05, 4.69) is 15.9 Å². The first-order valence-electron chi connectivity index (χ1n) is 6.39. The predicted molar refractivity (Wildman–Crippen MR) is 90.8 cm³/mol. The summed E-state index contributed by atoms with van der Waals surface area (Å²) in [4.78, 5) is 0.0909. The number of halogens is 2. The Labute approximate surface area is 143 Å². The predicted octanol–water partition coefficient (Wildman–Crippen LogP) is 3.93. The van der Waals surface area contributed by atoms with E-state index in [1.807, 2.05) is 12.1 Å². The molecule has 0 saturated heterocycles. The quantitative estimate of drug-likeness (QED) is 0.758. The first kappa shape index (κ1) is 17.3. The van der Waals surface area contributed by atoms with Gasteiger partial charge in [-0.15, -0.1) is 0 Å². The standard InChI is InChI=1S/C15H15BrClNO3S/c1-18(10-11-9-12(16)7-8-14(11)21-2)22(19,20)15-6-4-3-5-13(15)17/h3-9H,10H2,1-2H3. The van der Waals surface area contributed by atoms with Crippen molar-refractivity contribution in [2.75, 3.05) is 14.2 Å². The zero-order chi connectivity index (χ0) is 16.3. The number of methoxy groups -OCH3 is 1. The fourth-order valence-corrected chi connectivity index (χ4v) is 4.06. The maximum atomic E-state index is 12.6. The monoisotopic (exact) mass is 403 g/mol. The van der Waals surface area contributed by atoms with Crippen LogP contribution in [0.3, 0.4) is 0 Å². The molecule has 0 atom stereocenters. The minimum atomic E-state index is -3.68. The lowest BCUT2D eigenvalue weighted by Crippen LogP contribution is -2.27. The average molecular weight is 405 g/mol. The van der Waals surface area contributed by atoms with Crippen molar-refractivity contribution < 1.29 is 13.2 Å². The van der Waals surface area contributed by atoms with Crippen LogP contribution in [0.25, 0.3) is 0 Å². The third-order valence-electron chi connectivity index (χ3n) is 3.16. The molecular formula is C15H15BrClNO3S. The van der Waals surface area contributed by atoms with Crippen molar-refractivity contribution in [1.82, 2.24) is 4.31 Å². The summed E-state index contributed by atoms with van der Waals surface area (Å²) in [5, 5.41) is 0.204. The van der Waals surface area contributed by atoms with Gasteiger partial charge in [-0.3, -0.25) is 0 Å². The number of rotatable bonds is 5. The molecule has 7 heteroatoms. The van der Waals surface area contributed by atoms with Crippen LogP contribution in [0.1, 0.15) is 5.56 Å². The SMILES string of the molecule is COc1ccc(Br)cc1CN(C)S(=O)(=O)c1ccccc1Cl. The summed E-state index contributed by atoms with van der Waals surface area (Å²) < 4.78 is 32.6. The van der Waals surface area contributed by atoms with Crippen molar-refractivity contribution in [1.29, 1.82) is 0 Å². The molecule has 0 saturated carbocycles. The number of benzene rings is 2. The molecule has 0 aliphatic heterocycles. The van der Waals surface area contributed by atoms with Crippen molar-refractivity contribution >= 4 is 37.6 Å². The molecule has 0 aliphatic rings. The van der Waals surface area contributed by atoms with E-state index in [9.17, 15) is 8.42 Å². The Morgan fingerprint density at radius 1 is 1.23 bits per heavy atom. The summed E-state index contributed by atoms with van der Waals surface area (Å²) in [6.45, 7) is 0.177. The molecule has 2 aromatic carbocycles. The Morgan fingerprint density at radius 3 is 2.55 bits per heavy atom. The Hall–Kier alpha value is -1.08.